The van der Waals surface area contributed by atoms with E-state index < -0.39 is 58.6 Å². The van der Waals surface area contributed by atoms with Crippen molar-refractivity contribution in [2.75, 3.05) is 6.61 Å². The van der Waals surface area contributed by atoms with E-state index in [1.54, 1.807) is 0 Å². The number of phosphoric acid groups is 2. The van der Waals surface area contributed by atoms with Crippen LogP contribution in [0.1, 0.15) is 19.8 Å². The van der Waals surface area contributed by atoms with Crippen molar-refractivity contribution in [3.63, 3.8) is 0 Å². The molecule has 0 spiro atoms. The third kappa shape index (κ3) is 105. The van der Waals surface area contributed by atoms with Crippen LogP contribution in [0.15, 0.2) is 0 Å². The number of carboxylic acids is 2. The summed E-state index contributed by atoms with van der Waals surface area (Å²) in [5.74, 6) is -2.56. The molecule has 200 valence electrons. The van der Waals surface area contributed by atoms with E-state index in [1.165, 1.54) is 0 Å². The first-order chi connectivity index (χ1) is 11.6. The number of aliphatic hydroxyl groups is 5. The molecule has 0 aromatic rings. The molecule has 0 bridgehead atoms. The first kappa shape index (κ1) is 84.6. The molecule has 0 rings (SSSR count). The van der Waals surface area contributed by atoms with Gasteiger partial charge in [-0.1, -0.05) is 0 Å². The minimum atomic E-state index is -4.64. The number of hydrogen-bond acceptors (Lipinski definition) is 9. The quantitative estimate of drug-likeness (QED) is 0.0918. The molecule has 0 heterocycles. The number of hydrogen-bond donors (Lipinski definition) is 13. The van der Waals surface area contributed by atoms with Crippen molar-refractivity contribution < 1.29 is 288 Å². The third-order valence-corrected chi connectivity index (χ3v) is 1.51. The molecule has 0 radical (unpaired) electrons. The number of carboxylic acid groups (broad SMARTS) is 2. The molecule has 28 heteroatoms. The van der Waals surface area contributed by atoms with Gasteiger partial charge in [0, 0.05) is 6.92 Å². The van der Waals surface area contributed by atoms with Crippen molar-refractivity contribution in [2.45, 2.75) is 31.3 Å². The summed E-state index contributed by atoms with van der Waals surface area (Å²) in [6, 6.07) is 0. The van der Waals surface area contributed by atoms with Crippen molar-refractivity contribution in [3.8, 4) is 0 Å². The summed E-state index contributed by atoms with van der Waals surface area (Å²) in [7, 11) is -9.28. The van der Waals surface area contributed by atoms with Crippen LogP contribution in [0.5, 0.6) is 0 Å². The summed E-state index contributed by atoms with van der Waals surface area (Å²) in [6.07, 6.45) is -7.84. The Morgan fingerprint density at radius 3 is 1.03 bits per heavy atom. The monoisotopic (exact) mass is 744 g/mol. The molecule has 4 atom stereocenters. The number of rotatable bonds is 5. The van der Waals surface area contributed by atoms with Crippen LogP contribution < -0.4 is 191 Å². The Morgan fingerprint density at radius 2 is 0.917 bits per heavy atom. The molecular formula is C8H33CaCl2K2MgNa3O17P2. The van der Waals surface area contributed by atoms with E-state index in [9.17, 15) is 4.79 Å². The summed E-state index contributed by atoms with van der Waals surface area (Å²) in [6.45, 7) is 0.241. The molecule has 0 saturated heterocycles. The molecule has 0 aliphatic heterocycles. The fourth-order valence-electron chi connectivity index (χ4n) is 0.668. The van der Waals surface area contributed by atoms with Gasteiger partial charge in [0.1, 0.15) is 18.3 Å². The van der Waals surface area contributed by atoms with Gasteiger partial charge in [0.2, 0.25) is 0 Å². The van der Waals surface area contributed by atoms with Gasteiger partial charge in [-0.3, -0.25) is 4.79 Å². The van der Waals surface area contributed by atoms with Gasteiger partial charge in [0.15, 0.2) is 6.10 Å². The maximum atomic E-state index is 10.1. The maximum Gasteiger partial charge on any atom is 2.00 e. The second-order valence-corrected chi connectivity index (χ2v) is 6.11. The zero-order chi connectivity index (χ0) is 23.2. The van der Waals surface area contributed by atoms with Crippen LogP contribution in [0.25, 0.3) is 0 Å². The second-order valence-electron chi connectivity index (χ2n) is 4.06. The Morgan fingerprint density at radius 1 is 0.750 bits per heavy atom. The Kier molecular flexibility index (Phi) is 117. The van der Waals surface area contributed by atoms with E-state index >= 15 is 0 Å². The fourth-order valence-corrected chi connectivity index (χ4v) is 0.668. The molecule has 0 unspecified atom stereocenters. The van der Waals surface area contributed by atoms with Gasteiger partial charge in [-0.2, -0.15) is 0 Å². The third-order valence-electron chi connectivity index (χ3n) is 1.51. The minimum absolute atomic E-state index is 0. The second kappa shape index (κ2) is 49.7. The van der Waals surface area contributed by atoms with Gasteiger partial charge < -0.3 is 77.9 Å². The van der Waals surface area contributed by atoms with E-state index in [0.717, 1.165) is 6.92 Å². The number of carbonyl (C=O) groups is 2. The van der Waals surface area contributed by atoms with Crippen molar-refractivity contribution in [1.82, 2.24) is 0 Å². The Labute approximate surface area is 429 Å². The van der Waals surface area contributed by atoms with E-state index in [-0.39, 0.29) is 290 Å². The summed E-state index contributed by atoms with van der Waals surface area (Å²) < 4.78 is 17.8. The van der Waals surface area contributed by atoms with Gasteiger partial charge >= 0.3 is 274 Å². The van der Waals surface area contributed by atoms with Gasteiger partial charge in [-0.05, 0) is 0 Å². The van der Waals surface area contributed by atoms with Crippen molar-refractivity contribution in [3.05, 3.63) is 0 Å². The molecule has 36 heavy (non-hydrogen) atoms. The Balaban J connectivity index is -0.00000000745. The molecule has 0 saturated carbocycles. The smallest absolute Gasteiger partial charge is 1.00 e. The van der Waals surface area contributed by atoms with Crippen LogP contribution in [0.3, 0.4) is 0 Å². The Hall–Kier alpha value is 7.84. The van der Waals surface area contributed by atoms with Crippen molar-refractivity contribution >= 4 is 113 Å². The molecule has 17 nitrogen and oxygen atoms in total. The molecule has 0 aromatic heterocycles. The normalized spacial score (nSPS) is 11.3. The average molecular weight is 746 g/mol. The first-order valence-corrected chi connectivity index (χ1v) is 9.10. The minimum Gasteiger partial charge on any atom is -1.00 e. The zero-order valence-electron chi connectivity index (χ0n) is 29.6. The summed E-state index contributed by atoms with van der Waals surface area (Å²) in [4.78, 5) is 62.2. The van der Waals surface area contributed by atoms with E-state index in [4.69, 9.17) is 79.0 Å². The predicted molar refractivity (Wildman–Crippen MR) is 117 cm³/mol. The summed E-state index contributed by atoms with van der Waals surface area (Å²) in [5.41, 5.74) is 0. The van der Waals surface area contributed by atoms with Gasteiger partial charge in [0.25, 0.3) is 5.97 Å². The SMILES string of the molecule is CC(=O)O.Cl.Cl.O=C(O)[C@H](O)[C@@H](O)[C@H](O)[C@H](O)CO.O=P(O)(O)O.O=P(O)(O)O.[Ca+2].[H-].[H-].[H-].[H-].[H-].[H-].[H-].[H-].[H-].[K+].[K+].[Mg+2].[Na+].[Na+].[Na+]. The largest absolute Gasteiger partial charge is 2.00 e. The van der Waals surface area contributed by atoms with Crippen LogP contribution >= 0.6 is 40.5 Å². The van der Waals surface area contributed by atoms with Crippen LogP contribution in [-0.4, -0.2) is 169 Å². The zero-order valence-corrected chi connectivity index (χ0v) is 39.9. The van der Waals surface area contributed by atoms with Gasteiger partial charge in [-0.25, -0.2) is 13.9 Å². The number of halogens is 2. The van der Waals surface area contributed by atoms with E-state index in [0.29, 0.717) is 0 Å². The molecule has 0 aliphatic carbocycles. The van der Waals surface area contributed by atoms with Crippen molar-refractivity contribution in [1.29, 1.82) is 0 Å². The Bertz CT molecular complexity index is 536. The van der Waals surface area contributed by atoms with Crippen LogP contribution in [0, 0.1) is 0 Å². The van der Waals surface area contributed by atoms with Gasteiger partial charge in [0.05, 0.1) is 6.61 Å². The topological polar surface area (TPSA) is 331 Å². The van der Waals surface area contributed by atoms with Crippen molar-refractivity contribution in [2.24, 2.45) is 0 Å². The van der Waals surface area contributed by atoms with Gasteiger partial charge in [-0.15, -0.1) is 24.8 Å². The van der Waals surface area contributed by atoms with Crippen LogP contribution in [-0.2, 0) is 18.7 Å². The molecule has 13 N–H and O–H groups in total. The van der Waals surface area contributed by atoms with E-state index in [2.05, 4.69) is 0 Å². The molecule has 0 fully saturated rings. The predicted octanol–water partition coefficient (Wildman–Crippen LogP) is -19.1. The van der Waals surface area contributed by atoms with E-state index in [1.807, 2.05) is 0 Å². The summed E-state index contributed by atoms with van der Waals surface area (Å²) in [5, 5.41) is 59.2. The fraction of sp³-hybridized carbons (Fsp3) is 0.750. The van der Waals surface area contributed by atoms with Crippen LogP contribution in [0.2, 0.25) is 0 Å². The van der Waals surface area contributed by atoms with Crippen LogP contribution in [0.4, 0.5) is 0 Å². The summed E-state index contributed by atoms with van der Waals surface area (Å²) >= 11 is 0. The maximum absolute atomic E-state index is 10.1. The number of aliphatic hydroxyl groups excluding tert-OH is 5. The standard InChI is InChI=1S/C6H12O7.C2H4O2.Ca.2ClH.2K.Mg.3Na.2H3O4P.9H/c7-1-2(8)3(9)4(10)5(11)6(12)13;1-2(3)4;;;;;;;;;;2*1-5(2,3)4;;;;;;;;;/h2-5,7-11H,1H2,(H,12,13);1H3,(H,3,4);;2*1H;;;;;;;2*(H3,1,2,3,4);;;;;;;;;/q;;+2;;;2*+1;+2;3*+1;;;9*-1/t2-,3-,4+,5-;;;;;;;;;;;;;;;;;;;;;/m1...................../s1. The number of aliphatic carboxylic acids is 2. The average Bonchev–Trinajstić information content (AvgIpc) is 2.39. The molecule has 0 aromatic carbocycles. The first-order valence-electron chi connectivity index (χ1n) is 5.97. The molecule has 0 aliphatic rings. The molecule has 0 amide bonds. The molecular weight excluding hydrogens is 712 g/mol.